The minimum atomic E-state index is 0.290. The Bertz CT molecular complexity index is 722. The van der Waals surface area contributed by atoms with Gasteiger partial charge in [-0.05, 0) is 58.5 Å². The van der Waals surface area contributed by atoms with Crippen LogP contribution in [0.1, 0.15) is 74.4 Å². The summed E-state index contributed by atoms with van der Waals surface area (Å²) >= 11 is 0. The molecule has 6 heteroatoms. The van der Waals surface area contributed by atoms with Crippen LogP contribution in [0.3, 0.4) is 0 Å². The van der Waals surface area contributed by atoms with Crippen molar-refractivity contribution in [3.05, 3.63) is 17.1 Å². The lowest BCUT2D eigenvalue weighted by Gasteiger charge is -2.35. The molecule has 6 nitrogen and oxygen atoms in total. The van der Waals surface area contributed by atoms with Crippen LogP contribution in [0.4, 0.5) is 5.82 Å². The summed E-state index contributed by atoms with van der Waals surface area (Å²) in [6, 6.07) is 0.456. The molecular weight excluding hydrogens is 362 g/mol. The molecule has 1 aromatic heterocycles. The average Bonchev–Trinajstić information content (AvgIpc) is 2.75. The normalized spacial score (nSPS) is 21.8. The van der Waals surface area contributed by atoms with Crippen molar-refractivity contribution in [2.75, 3.05) is 45.2 Å². The van der Waals surface area contributed by atoms with E-state index in [1.165, 1.54) is 44.1 Å². The van der Waals surface area contributed by atoms with E-state index < -0.39 is 0 Å². The second kappa shape index (κ2) is 8.99. The molecule has 0 aromatic carbocycles. The van der Waals surface area contributed by atoms with E-state index in [1.807, 2.05) is 11.9 Å². The SMILES string of the molecule is Cc1nc(C2CCN(CC(=O)N(C)C3CCCCC3)CC2)nc2c1CCCN2C. The summed E-state index contributed by atoms with van der Waals surface area (Å²) in [5.74, 6) is 2.86. The van der Waals surface area contributed by atoms with Gasteiger partial charge in [0.05, 0.1) is 6.54 Å². The van der Waals surface area contributed by atoms with Gasteiger partial charge in [0.2, 0.25) is 5.91 Å². The molecule has 0 unspecified atom stereocenters. The molecule has 1 aliphatic carbocycles. The number of aryl methyl sites for hydroxylation is 1. The zero-order valence-electron chi connectivity index (χ0n) is 18.5. The molecule has 0 atom stereocenters. The van der Waals surface area contributed by atoms with Crippen LogP contribution in [0, 0.1) is 6.92 Å². The van der Waals surface area contributed by atoms with Crippen molar-refractivity contribution in [3.8, 4) is 0 Å². The molecule has 1 amide bonds. The maximum absolute atomic E-state index is 12.8. The Morgan fingerprint density at radius 3 is 2.48 bits per heavy atom. The largest absolute Gasteiger partial charge is 0.359 e. The molecule has 1 aromatic rings. The number of carbonyl (C=O) groups excluding carboxylic acids is 1. The minimum Gasteiger partial charge on any atom is -0.359 e. The number of carbonyl (C=O) groups is 1. The van der Waals surface area contributed by atoms with Crippen LogP contribution in [-0.4, -0.2) is 72.0 Å². The number of likely N-dealkylation sites (N-methyl/N-ethyl adjacent to an activating group) is 1. The topological polar surface area (TPSA) is 52.6 Å². The van der Waals surface area contributed by atoms with Crippen molar-refractivity contribution < 1.29 is 4.79 Å². The summed E-state index contributed by atoms with van der Waals surface area (Å²) in [5, 5.41) is 0. The maximum atomic E-state index is 12.8. The predicted octanol–water partition coefficient (Wildman–Crippen LogP) is 3.14. The monoisotopic (exact) mass is 399 g/mol. The second-order valence-corrected chi connectivity index (χ2v) is 9.34. The quantitative estimate of drug-likeness (QED) is 0.779. The fraction of sp³-hybridized carbons (Fsp3) is 0.783. The van der Waals surface area contributed by atoms with E-state index in [-0.39, 0.29) is 5.91 Å². The number of nitrogens with zero attached hydrogens (tertiary/aromatic N) is 5. The van der Waals surface area contributed by atoms with Crippen molar-refractivity contribution in [2.45, 2.75) is 76.7 Å². The molecule has 0 spiro atoms. The standard InChI is InChI=1S/C23H37N5O/c1-17-20-10-7-13-26(2)23(20)25-22(24-17)18-11-14-28(15-12-18)16-21(29)27(3)19-8-5-4-6-9-19/h18-19H,4-16H2,1-3H3. The fourth-order valence-electron chi connectivity index (χ4n) is 5.32. The van der Waals surface area contributed by atoms with E-state index >= 15 is 0 Å². The summed E-state index contributed by atoms with van der Waals surface area (Å²) in [7, 11) is 4.15. The van der Waals surface area contributed by atoms with Crippen LogP contribution < -0.4 is 4.90 Å². The Hall–Kier alpha value is -1.69. The number of hydrogen-bond acceptors (Lipinski definition) is 5. The molecule has 3 heterocycles. The van der Waals surface area contributed by atoms with Crippen molar-refractivity contribution in [2.24, 2.45) is 0 Å². The lowest BCUT2D eigenvalue weighted by Crippen LogP contribution is -2.46. The van der Waals surface area contributed by atoms with Crippen LogP contribution in [0.25, 0.3) is 0 Å². The Morgan fingerprint density at radius 1 is 1.03 bits per heavy atom. The molecule has 1 saturated heterocycles. The van der Waals surface area contributed by atoms with Crippen LogP contribution in [0.5, 0.6) is 0 Å². The number of hydrogen-bond donors (Lipinski definition) is 0. The molecule has 160 valence electrons. The predicted molar refractivity (Wildman–Crippen MR) is 116 cm³/mol. The number of rotatable bonds is 4. The van der Waals surface area contributed by atoms with Gasteiger partial charge in [-0.1, -0.05) is 19.3 Å². The van der Waals surface area contributed by atoms with E-state index in [2.05, 4.69) is 23.8 Å². The molecule has 1 saturated carbocycles. The highest BCUT2D eigenvalue weighted by molar-refractivity contribution is 5.78. The Labute approximate surface area is 175 Å². The molecule has 0 N–H and O–H groups in total. The minimum absolute atomic E-state index is 0.290. The highest BCUT2D eigenvalue weighted by Gasteiger charge is 2.28. The number of aromatic nitrogens is 2. The van der Waals surface area contributed by atoms with Crippen LogP contribution >= 0.6 is 0 Å². The van der Waals surface area contributed by atoms with E-state index in [4.69, 9.17) is 9.97 Å². The number of anilines is 1. The van der Waals surface area contributed by atoms with E-state index in [9.17, 15) is 4.79 Å². The first-order valence-corrected chi connectivity index (χ1v) is 11.6. The second-order valence-electron chi connectivity index (χ2n) is 9.34. The number of amides is 1. The first-order valence-electron chi connectivity index (χ1n) is 11.6. The van der Waals surface area contributed by atoms with Crippen molar-refractivity contribution in [1.82, 2.24) is 19.8 Å². The zero-order chi connectivity index (χ0) is 20.4. The van der Waals surface area contributed by atoms with Gasteiger partial charge in [-0.25, -0.2) is 9.97 Å². The van der Waals surface area contributed by atoms with Gasteiger partial charge in [0.15, 0.2) is 0 Å². The van der Waals surface area contributed by atoms with Gasteiger partial charge in [0.1, 0.15) is 11.6 Å². The third-order valence-corrected chi connectivity index (χ3v) is 7.32. The van der Waals surface area contributed by atoms with Gasteiger partial charge in [0.25, 0.3) is 0 Å². The summed E-state index contributed by atoms with van der Waals surface area (Å²) < 4.78 is 0. The van der Waals surface area contributed by atoms with Crippen LogP contribution in [0.2, 0.25) is 0 Å². The highest BCUT2D eigenvalue weighted by Crippen LogP contribution is 2.31. The van der Waals surface area contributed by atoms with Gasteiger partial charge < -0.3 is 9.80 Å². The van der Waals surface area contributed by atoms with Crippen molar-refractivity contribution >= 4 is 11.7 Å². The molecule has 29 heavy (non-hydrogen) atoms. The lowest BCUT2D eigenvalue weighted by atomic mass is 9.94. The number of fused-ring (bicyclic) bond motifs is 1. The smallest absolute Gasteiger partial charge is 0.236 e. The van der Waals surface area contributed by atoms with E-state index in [1.54, 1.807) is 0 Å². The van der Waals surface area contributed by atoms with Crippen molar-refractivity contribution in [3.63, 3.8) is 0 Å². The summed E-state index contributed by atoms with van der Waals surface area (Å²) in [6.45, 7) is 5.71. The molecule has 0 bridgehead atoms. The summed E-state index contributed by atoms with van der Waals surface area (Å²) in [5.41, 5.74) is 2.49. The fourth-order valence-corrected chi connectivity index (χ4v) is 5.32. The van der Waals surface area contributed by atoms with E-state index in [0.29, 0.717) is 18.5 Å². The average molecular weight is 400 g/mol. The third kappa shape index (κ3) is 4.57. The maximum Gasteiger partial charge on any atom is 0.236 e. The zero-order valence-corrected chi connectivity index (χ0v) is 18.5. The molecule has 2 fully saturated rings. The van der Waals surface area contributed by atoms with Gasteiger partial charge >= 0.3 is 0 Å². The number of likely N-dealkylation sites (tertiary alicyclic amines) is 1. The first kappa shape index (κ1) is 20.6. The van der Waals surface area contributed by atoms with Gasteiger partial charge in [-0.3, -0.25) is 9.69 Å². The summed E-state index contributed by atoms with van der Waals surface area (Å²) in [6.07, 6.45) is 10.6. The molecule has 0 radical (unpaired) electrons. The van der Waals surface area contributed by atoms with Gasteiger partial charge in [-0.15, -0.1) is 0 Å². The third-order valence-electron chi connectivity index (χ3n) is 7.32. The van der Waals surface area contributed by atoms with Gasteiger partial charge in [-0.2, -0.15) is 0 Å². The van der Waals surface area contributed by atoms with Crippen LogP contribution in [-0.2, 0) is 11.2 Å². The molecular formula is C23H37N5O. The highest BCUT2D eigenvalue weighted by atomic mass is 16.2. The molecule has 3 aliphatic rings. The van der Waals surface area contributed by atoms with E-state index in [0.717, 1.165) is 56.2 Å². The lowest BCUT2D eigenvalue weighted by molar-refractivity contribution is -0.134. The van der Waals surface area contributed by atoms with Crippen molar-refractivity contribution in [1.29, 1.82) is 0 Å². The Balaban J connectivity index is 1.33. The Kier molecular flexibility index (Phi) is 6.38. The van der Waals surface area contributed by atoms with Crippen LogP contribution in [0.15, 0.2) is 0 Å². The first-order chi connectivity index (χ1) is 14.0. The number of piperidine rings is 1. The molecule has 4 rings (SSSR count). The summed E-state index contributed by atoms with van der Waals surface area (Å²) in [4.78, 5) is 29.3. The van der Waals surface area contributed by atoms with Gasteiger partial charge in [0, 0.05) is 43.9 Å². The molecule has 2 aliphatic heterocycles. The Morgan fingerprint density at radius 2 is 1.76 bits per heavy atom.